The molecule has 1 amide bonds. The summed E-state index contributed by atoms with van der Waals surface area (Å²) in [6.07, 6.45) is 1.87. The summed E-state index contributed by atoms with van der Waals surface area (Å²) < 4.78 is 16.4. The van der Waals surface area contributed by atoms with Gasteiger partial charge in [0.25, 0.3) is 5.91 Å². The van der Waals surface area contributed by atoms with Crippen molar-refractivity contribution in [2.24, 2.45) is 0 Å². The van der Waals surface area contributed by atoms with E-state index in [9.17, 15) is 4.79 Å². The number of ether oxygens (including phenoxy) is 3. The molecule has 7 heteroatoms. The molecule has 3 heterocycles. The van der Waals surface area contributed by atoms with E-state index in [2.05, 4.69) is 17.5 Å². The molecule has 1 saturated heterocycles. The van der Waals surface area contributed by atoms with Gasteiger partial charge in [0.15, 0.2) is 11.5 Å². The van der Waals surface area contributed by atoms with Crippen molar-refractivity contribution in [2.45, 2.75) is 6.54 Å². The lowest BCUT2D eigenvalue weighted by molar-refractivity contribution is -0.128. The minimum absolute atomic E-state index is 0.0260. The van der Waals surface area contributed by atoms with Crippen LogP contribution >= 0.6 is 0 Å². The molecule has 0 radical (unpaired) electrons. The van der Waals surface area contributed by atoms with E-state index in [0.717, 1.165) is 53.7 Å². The summed E-state index contributed by atoms with van der Waals surface area (Å²) in [6.45, 7) is 8.35. The van der Waals surface area contributed by atoms with Crippen molar-refractivity contribution < 1.29 is 19.0 Å². The monoisotopic (exact) mass is 433 g/mol. The SMILES string of the molecule is C=C1C(C(=O)N2CCN(Cc3ccc4c(c3)OCO4)CC2)=CN(C)c2c(OC)cccc21. The number of hydrogen-bond donors (Lipinski definition) is 0. The summed E-state index contributed by atoms with van der Waals surface area (Å²) in [4.78, 5) is 19.6. The number of carbonyl (C=O) groups excluding carboxylic acids is 1. The predicted molar refractivity (Wildman–Crippen MR) is 123 cm³/mol. The summed E-state index contributed by atoms with van der Waals surface area (Å²) in [5.41, 5.74) is 4.43. The number of benzene rings is 2. The van der Waals surface area contributed by atoms with Gasteiger partial charge in [-0.1, -0.05) is 24.8 Å². The highest BCUT2D eigenvalue weighted by Gasteiger charge is 2.30. The molecule has 0 unspecified atom stereocenters. The Balaban J connectivity index is 1.24. The number of rotatable bonds is 4. The third-order valence-electron chi connectivity index (χ3n) is 6.28. The molecule has 0 saturated carbocycles. The van der Waals surface area contributed by atoms with Crippen LogP contribution in [0.4, 0.5) is 5.69 Å². The molecule has 0 aliphatic carbocycles. The molecular weight excluding hydrogens is 406 g/mol. The number of amides is 1. The Labute approximate surface area is 188 Å². The van der Waals surface area contributed by atoms with E-state index in [1.807, 2.05) is 53.4 Å². The minimum Gasteiger partial charge on any atom is -0.495 e. The van der Waals surface area contributed by atoms with Gasteiger partial charge in [-0.05, 0) is 29.3 Å². The van der Waals surface area contributed by atoms with Gasteiger partial charge in [0.05, 0.1) is 18.4 Å². The molecule has 2 aromatic carbocycles. The van der Waals surface area contributed by atoms with E-state index in [-0.39, 0.29) is 12.7 Å². The molecule has 0 atom stereocenters. The minimum atomic E-state index is 0.0260. The summed E-state index contributed by atoms with van der Waals surface area (Å²) in [6, 6.07) is 11.9. The molecule has 7 nitrogen and oxygen atoms in total. The fourth-order valence-electron chi connectivity index (χ4n) is 4.54. The van der Waals surface area contributed by atoms with Crippen molar-refractivity contribution in [3.8, 4) is 17.2 Å². The Hall–Kier alpha value is -3.45. The lowest BCUT2D eigenvalue weighted by Gasteiger charge is -2.36. The Morgan fingerprint density at radius 3 is 2.66 bits per heavy atom. The first kappa shape index (κ1) is 20.5. The van der Waals surface area contributed by atoms with E-state index in [1.165, 1.54) is 5.56 Å². The van der Waals surface area contributed by atoms with Crippen LogP contribution in [0.2, 0.25) is 0 Å². The zero-order valence-electron chi connectivity index (χ0n) is 18.5. The number of methoxy groups -OCH3 is 1. The van der Waals surface area contributed by atoms with Crippen LogP contribution in [0.25, 0.3) is 5.57 Å². The Morgan fingerprint density at radius 2 is 1.88 bits per heavy atom. The number of nitrogens with zero attached hydrogens (tertiary/aromatic N) is 3. The van der Waals surface area contributed by atoms with E-state index in [1.54, 1.807) is 7.11 Å². The summed E-state index contributed by atoms with van der Waals surface area (Å²) in [5, 5.41) is 0. The van der Waals surface area contributed by atoms with Gasteiger partial charge in [-0.3, -0.25) is 9.69 Å². The van der Waals surface area contributed by atoms with Crippen LogP contribution in [0, 0.1) is 0 Å². The first-order valence-corrected chi connectivity index (χ1v) is 10.8. The van der Waals surface area contributed by atoms with Crippen LogP contribution in [0.3, 0.4) is 0 Å². The van der Waals surface area contributed by atoms with Crippen LogP contribution in [-0.2, 0) is 11.3 Å². The second kappa shape index (κ2) is 8.24. The predicted octanol–water partition coefficient (Wildman–Crippen LogP) is 3.12. The molecule has 3 aliphatic heterocycles. The van der Waals surface area contributed by atoms with Gasteiger partial charge in [0, 0.05) is 51.5 Å². The summed E-state index contributed by atoms with van der Waals surface area (Å²) >= 11 is 0. The second-order valence-electron chi connectivity index (χ2n) is 8.24. The highest BCUT2D eigenvalue weighted by molar-refractivity contribution is 6.12. The number of anilines is 1. The maximum atomic E-state index is 13.4. The Kier molecular flexibility index (Phi) is 5.27. The molecule has 5 rings (SSSR count). The molecule has 2 aromatic rings. The summed E-state index contributed by atoms with van der Waals surface area (Å²) in [5.74, 6) is 2.40. The zero-order chi connectivity index (χ0) is 22.2. The van der Waals surface area contributed by atoms with Gasteiger partial charge in [-0.15, -0.1) is 0 Å². The Morgan fingerprint density at radius 1 is 1.09 bits per heavy atom. The van der Waals surface area contributed by atoms with Crippen LogP contribution < -0.4 is 19.1 Å². The van der Waals surface area contributed by atoms with Gasteiger partial charge in [-0.2, -0.15) is 0 Å². The molecular formula is C25H27N3O4. The molecule has 32 heavy (non-hydrogen) atoms. The highest BCUT2D eigenvalue weighted by Crippen LogP contribution is 2.41. The lowest BCUT2D eigenvalue weighted by atomic mass is 9.93. The number of fused-ring (bicyclic) bond motifs is 2. The third-order valence-corrected chi connectivity index (χ3v) is 6.28. The van der Waals surface area contributed by atoms with Crippen molar-refractivity contribution in [1.29, 1.82) is 0 Å². The van der Waals surface area contributed by atoms with Gasteiger partial charge >= 0.3 is 0 Å². The first-order valence-electron chi connectivity index (χ1n) is 10.8. The van der Waals surface area contributed by atoms with Gasteiger partial charge in [0.1, 0.15) is 5.75 Å². The van der Waals surface area contributed by atoms with Crippen molar-refractivity contribution in [3.05, 3.63) is 65.9 Å². The van der Waals surface area contributed by atoms with Crippen molar-refractivity contribution >= 4 is 17.2 Å². The van der Waals surface area contributed by atoms with Crippen LogP contribution in [-0.4, -0.2) is 62.8 Å². The second-order valence-corrected chi connectivity index (χ2v) is 8.24. The molecule has 3 aliphatic rings. The fourth-order valence-corrected chi connectivity index (χ4v) is 4.54. The first-order chi connectivity index (χ1) is 15.5. The van der Waals surface area contributed by atoms with Gasteiger partial charge in [0.2, 0.25) is 6.79 Å². The van der Waals surface area contributed by atoms with E-state index < -0.39 is 0 Å². The van der Waals surface area contributed by atoms with E-state index >= 15 is 0 Å². The molecule has 0 aromatic heterocycles. The van der Waals surface area contributed by atoms with Crippen molar-refractivity contribution in [3.63, 3.8) is 0 Å². The van der Waals surface area contributed by atoms with Crippen LogP contribution in [0.5, 0.6) is 17.2 Å². The van der Waals surface area contributed by atoms with Crippen molar-refractivity contribution in [2.75, 3.05) is 52.0 Å². The number of carbonyl (C=O) groups is 1. The van der Waals surface area contributed by atoms with Gasteiger partial charge in [-0.25, -0.2) is 0 Å². The average molecular weight is 434 g/mol. The third kappa shape index (κ3) is 3.58. The smallest absolute Gasteiger partial charge is 0.256 e. The molecule has 0 spiro atoms. The van der Waals surface area contributed by atoms with Crippen LogP contribution in [0.15, 0.2) is 54.8 Å². The summed E-state index contributed by atoms with van der Waals surface area (Å²) in [7, 11) is 3.59. The topological polar surface area (TPSA) is 54.5 Å². The fraction of sp³-hybridized carbons (Fsp3) is 0.320. The van der Waals surface area contributed by atoms with E-state index in [4.69, 9.17) is 14.2 Å². The average Bonchev–Trinajstić information content (AvgIpc) is 3.29. The largest absolute Gasteiger partial charge is 0.495 e. The van der Waals surface area contributed by atoms with E-state index in [0.29, 0.717) is 18.7 Å². The quantitative estimate of drug-likeness (QED) is 0.739. The lowest BCUT2D eigenvalue weighted by Crippen LogP contribution is -2.49. The van der Waals surface area contributed by atoms with Crippen LogP contribution in [0.1, 0.15) is 11.1 Å². The standard InChI is InChI=1S/C25H27N3O4/c1-17-19-5-4-6-22(30-3)24(19)26(2)15-20(17)25(29)28-11-9-27(10-12-28)14-18-7-8-21-23(13-18)32-16-31-21/h4-8,13,15H,1,9-12,14,16H2,2-3H3. The number of piperazine rings is 1. The maximum Gasteiger partial charge on any atom is 0.256 e. The maximum absolute atomic E-state index is 13.4. The van der Waals surface area contributed by atoms with Crippen molar-refractivity contribution in [1.82, 2.24) is 9.80 Å². The highest BCUT2D eigenvalue weighted by atomic mass is 16.7. The molecule has 0 bridgehead atoms. The molecule has 1 fully saturated rings. The van der Waals surface area contributed by atoms with Gasteiger partial charge < -0.3 is 24.0 Å². The normalized spacial score (nSPS) is 17.8. The molecule has 0 N–H and O–H groups in total. The number of hydrogen-bond acceptors (Lipinski definition) is 6. The Bertz CT molecular complexity index is 1100. The number of para-hydroxylation sites is 1. The zero-order valence-corrected chi connectivity index (χ0v) is 18.5. The molecule has 166 valence electrons.